The lowest BCUT2D eigenvalue weighted by molar-refractivity contribution is -0.159. The normalized spacial score (nSPS) is 16.2. The summed E-state index contributed by atoms with van der Waals surface area (Å²) in [5.74, 6) is 0.560. The number of benzene rings is 1. The van der Waals surface area contributed by atoms with Gasteiger partial charge in [-0.15, -0.1) is 0 Å². The van der Waals surface area contributed by atoms with Crippen molar-refractivity contribution in [3.63, 3.8) is 0 Å². The molecule has 0 bridgehead atoms. The Morgan fingerprint density at radius 1 is 1.11 bits per heavy atom. The largest absolute Gasteiger partial charge is 0.460 e. The summed E-state index contributed by atoms with van der Waals surface area (Å²) >= 11 is 0. The fraction of sp³-hybridized carbons (Fsp3) is 0.514. The van der Waals surface area contributed by atoms with Crippen molar-refractivity contribution in [3.05, 3.63) is 70.7 Å². The Bertz CT molecular complexity index is 1580. The van der Waals surface area contributed by atoms with Gasteiger partial charge in [-0.2, -0.15) is 13.2 Å². The molecule has 4 heterocycles. The molecule has 2 aliphatic rings. The van der Waals surface area contributed by atoms with Crippen LogP contribution in [0.3, 0.4) is 0 Å². The van der Waals surface area contributed by atoms with E-state index in [-0.39, 0.29) is 18.5 Å². The van der Waals surface area contributed by atoms with Crippen molar-refractivity contribution in [2.45, 2.75) is 83.9 Å². The van der Waals surface area contributed by atoms with Gasteiger partial charge in [0.25, 0.3) is 0 Å². The minimum atomic E-state index is -4.59. The Kier molecular flexibility index (Phi) is 10.4. The number of Topliss-reactive ketones (excluding diaryl/α,β-unsaturated/α-hetero) is 1. The maximum atomic E-state index is 13.3. The summed E-state index contributed by atoms with van der Waals surface area (Å²) in [5, 5.41) is 6.67. The number of ketones is 1. The fourth-order valence-electron chi connectivity index (χ4n) is 6.17. The number of hydrogen-bond acceptors (Lipinski definition) is 9. The Labute approximate surface area is 273 Å². The van der Waals surface area contributed by atoms with E-state index in [0.29, 0.717) is 18.2 Å². The Morgan fingerprint density at radius 3 is 2.57 bits per heavy atom. The van der Waals surface area contributed by atoms with Crippen LogP contribution in [-0.2, 0) is 28.5 Å². The average molecular weight is 653 g/mol. The van der Waals surface area contributed by atoms with E-state index in [4.69, 9.17) is 9.72 Å². The number of alkyl halides is 3. The number of anilines is 3. The van der Waals surface area contributed by atoms with Gasteiger partial charge in [-0.3, -0.25) is 9.59 Å². The molecule has 0 radical (unpaired) electrons. The molecule has 252 valence electrons. The van der Waals surface area contributed by atoms with Crippen LogP contribution in [0, 0.1) is 5.92 Å². The third kappa shape index (κ3) is 8.58. The Balaban J connectivity index is 1.28. The SMILES string of the molecule is CCc1c(NC[C@H](CC(=O)c2cccc(C(F)(F)F)c2)C(=O)OC(C)(C)C)ncnc1N1CCC(c2ccc3c(n2)NCCC3)CC1. The Hall–Kier alpha value is -4.22. The van der Waals surface area contributed by atoms with Gasteiger partial charge < -0.3 is 20.3 Å². The van der Waals surface area contributed by atoms with Crippen LogP contribution in [0.2, 0.25) is 0 Å². The summed E-state index contributed by atoms with van der Waals surface area (Å²) < 4.78 is 45.5. The maximum absolute atomic E-state index is 13.3. The second-order valence-electron chi connectivity index (χ2n) is 13.2. The van der Waals surface area contributed by atoms with Crippen LogP contribution in [0.4, 0.5) is 30.6 Å². The molecule has 2 N–H and O–H groups in total. The van der Waals surface area contributed by atoms with E-state index in [0.717, 1.165) is 80.3 Å². The van der Waals surface area contributed by atoms with Crippen LogP contribution < -0.4 is 15.5 Å². The highest BCUT2D eigenvalue weighted by molar-refractivity contribution is 5.98. The minimum Gasteiger partial charge on any atom is -0.460 e. The summed E-state index contributed by atoms with van der Waals surface area (Å²) in [6.45, 7) is 9.72. The van der Waals surface area contributed by atoms with Gasteiger partial charge in [-0.05, 0) is 76.6 Å². The molecule has 0 saturated carbocycles. The van der Waals surface area contributed by atoms with E-state index in [1.54, 1.807) is 20.8 Å². The van der Waals surface area contributed by atoms with Crippen LogP contribution in [-0.4, -0.2) is 58.5 Å². The summed E-state index contributed by atoms with van der Waals surface area (Å²) in [7, 11) is 0. The van der Waals surface area contributed by atoms with Gasteiger partial charge in [0.2, 0.25) is 0 Å². The molecular weight excluding hydrogens is 609 g/mol. The molecule has 2 aliphatic heterocycles. The van der Waals surface area contributed by atoms with Gasteiger partial charge in [0.15, 0.2) is 5.78 Å². The number of ether oxygens (including phenoxy) is 1. The number of aromatic nitrogens is 3. The Morgan fingerprint density at radius 2 is 1.87 bits per heavy atom. The molecule has 47 heavy (non-hydrogen) atoms. The first-order valence-electron chi connectivity index (χ1n) is 16.3. The highest BCUT2D eigenvalue weighted by Crippen LogP contribution is 2.34. The molecule has 0 amide bonds. The molecule has 3 aromatic rings. The van der Waals surface area contributed by atoms with Crippen molar-refractivity contribution in [2.75, 3.05) is 41.7 Å². The van der Waals surface area contributed by atoms with Crippen molar-refractivity contribution in [2.24, 2.45) is 5.92 Å². The van der Waals surface area contributed by atoms with Gasteiger partial charge in [0.1, 0.15) is 29.4 Å². The number of hydrogen-bond donors (Lipinski definition) is 2. The molecule has 9 nitrogen and oxygen atoms in total. The van der Waals surface area contributed by atoms with E-state index < -0.39 is 35.0 Å². The lowest BCUT2D eigenvalue weighted by Gasteiger charge is -2.34. The molecule has 1 fully saturated rings. The summed E-state index contributed by atoms with van der Waals surface area (Å²) in [6, 6.07) is 8.60. The molecule has 1 atom stereocenters. The van der Waals surface area contributed by atoms with Crippen molar-refractivity contribution in [1.29, 1.82) is 0 Å². The number of esters is 1. The molecule has 0 aliphatic carbocycles. The number of nitrogens with zero attached hydrogens (tertiary/aromatic N) is 4. The first-order valence-corrected chi connectivity index (χ1v) is 16.3. The van der Waals surface area contributed by atoms with E-state index in [9.17, 15) is 22.8 Å². The summed E-state index contributed by atoms with van der Waals surface area (Å²) in [5.41, 5.74) is 1.43. The van der Waals surface area contributed by atoms with Crippen LogP contribution in [0.5, 0.6) is 0 Å². The van der Waals surface area contributed by atoms with E-state index >= 15 is 0 Å². The number of carbonyl (C=O) groups is 2. The lowest BCUT2D eigenvalue weighted by atomic mass is 9.92. The molecule has 5 rings (SSSR count). The topological polar surface area (TPSA) is 109 Å². The number of rotatable bonds is 10. The van der Waals surface area contributed by atoms with Gasteiger partial charge in [0.05, 0.1) is 11.5 Å². The number of pyridine rings is 1. The predicted molar refractivity (Wildman–Crippen MR) is 175 cm³/mol. The number of fused-ring (bicyclic) bond motifs is 1. The number of nitrogens with one attached hydrogen (secondary N) is 2. The smallest absolute Gasteiger partial charge is 0.416 e. The van der Waals surface area contributed by atoms with Crippen LogP contribution in [0.1, 0.15) is 92.0 Å². The number of piperidine rings is 1. The fourth-order valence-corrected chi connectivity index (χ4v) is 6.17. The molecule has 1 saturated heterocycles. The minimum absolute atomic E-state index is 0.00315. The molecular formula is C35H43F3N6O3. The van der Waals surface area contributed by atoms with E-state index in [1.165, 1.54) is 24.0 Å². The monoisotopic (exact) mass is 652 g/mol. The summed E-state index contributed by atoms with van der Waals surface area (Å²) in [6.07, 6.45) is 1.23. The van der Waals surface area contributed by atoms with Gasteiger partial charge in [-0.1, -0.05) is 25.1 Å². The van der Waals surface area contributed by atoms with Crippen LogP contribution >= 0.6 is 0 Å². The van der Waals surface area contributed by atoms with E-state index in [1.807, 2.05) is 6.92 Å². The van der Waals surface area contributed by atoms with E-state index in [2.05, 4.69) is 37.6 Å². The zero-order valence-corrected chi connectivity index (χ0v) is 27.4. The van der Waals surface area contributed by atoms with Gasteiger partial charge >= 0.3 is 12.1 Å². The second-order valence-corrected chi connectivity index (χ2v) is 13.2. The van der Waals surface area contributed by atoms with Crippen LogP contribution in [0.15, 0.2) is 42.7 Å². The van der Waals surface area contributed by atoms with Crippen LogP contribution in [0.25, 0.3) is 0 Å². The third-order valence-corrected chi connectivity index (χ3v) is 8.60. The maximum Gasteiger partial charge on any atom is 0.416 e. The first kappa shape index (κ1) is 34.1. The highest BCUT2D eigenvalue weighted by atomic mass is 19.4. The molecule has 2 aromatic heterocycles. The van der Waals surface area contributed by atoms with Crippen molar-refractivity contribution in [3.8, 4) is 0 Å². The zero-order valence-electron chi connectivity index (χ0n) is 27.4. The van der Waals surface area contributed by atoms with Crippen molar-refractivity contribution < 1.29 is 27.5 Å². The predicted octanol–water partition coefficient (Wildman–Crippen LogP) is 6.84. The van der Waals surface area contributed by atoms with Crippen molar-refractivity contribution in [1.82, 2.24) is 15.0 Å². The first-order chi connectivity index (χ1) is 22.3. The quantitative estimate of drug-likeness (QED) is 0.180. The van der Waals surface area contributed by atoms with Gasteiger partial charge in [-0.25, -0.2) is 15.0 Å². The summed E-state index contributed by atoms with van der Waals surface area (Å²) in [4.78, 5) is 42.7. The third-order valence-electron chi connectivity index (χ3n) is 8.60. The number of halogens is 3. The van der Waals surface area contributed by atoms with Crippen molar-refractivity contribution >= 4 is 29.2 Å². The zero-order chi connectivity index (χ0) is 33.8. The standard InChI is InChI=1S/C35H43F3N6O3/c1-5-27-31(40-20-25(33(46)47-34(2,3)4)19-29(45)24-8-6-10-26(18-24)35(36,37)38)41-21-42-32(27)44-16-13-22(14-17-44)28-12-11-23-9-7-15-39-30(23)43-28/h6,8,10-12,18,21-22,25H,5,7,9,13-17,19-20H2,1-4H3,(H,39,43)(H,40,41,42)/t25-/m0/s1. The molecule has 1 aromatic carbocycles. The molecule has 0 spiro atoms. The molecule has 12 heteroatoms. The number of carbonyl (C=O) groups excluding carboxylic acids is 2. The molecule has 0 unspecified atom stereocenters. The van der Waals surface area contributed by atoms with Gasteiger partial charge in [0, 0.05) is 55.3 Å². The highest BCUT2D eigenvalue weighted by Gasteiger charge is 2.33. The average Bonchev–Trinajstić information content (AvgIpc) is 3.05. The number of aryl methyl sites for hydroxylation is 1. The second kappa shape index (κ2) is 14.3. The lowest BCUT2D eigenvalue weighted by Crippen LogP contribution is -2.35.